The molecule has 0 radical (unpaired) electrons. The van der Waals surface area contributed by atoms with Crippen molar-refractivity contribution < 1.29 is 9.59 Å². The van der Waals surface area contributed by atoms with Crippen molar-refractivity contribution in [2.45, 2.75) is 63.5 Å². The third-order valence-electron chi connectivity index (χ3n) is 8.15. The van der Waals surface area contributed by atoms with Gasteiger partial charge in [0.2, 0.25) is 11.8 Å². The molecular formula is C28H36N6O2. The van der Waals surface area contributed by atoms with E-state index in [9.17, 15) is 9.59 Å². The van der Waals surface area contributed by atoms with Crippen LogP contribution in [0.15, 0.2) is 42.9 Å². The lowest BCUT2D eigenvalue weighted by Crippen LogP contribution is -2.46. The van der Waals surface area contributed by atoms with Gasteiger partial charge in [0.15, 0.2) is 0 Å². The zero-order chi connectivity index (χ0) is 25.1. The monoisotopic (exact) mass is 488 g/mol. The Labute approximate surface area is 212 Å². The standard InChI is InChI=1S/C28H36N6O2/c1-30-25(27(29)35)14-20(18-8-3-2-4-9-18)28(36)34-13-7-12-26(34)24-15-23(32-17-33-24)21-16-31-22-11-6-5-10-19(21)22/h5-6,10-11,15-18,20,25-26,30-31H,2-4,7-9,12-14H2,1H3,(H2,29,35). The molecule has 1 saturated heterocycles. The molecule has 1 saturated carbocycles. The zero-order valence-electron chi connectivity index (χ0n) is 21.0. The summed E-state index contributed by atoms with van der Waals surface area (Å²) in [6.07, 6.45) is 11.4. The summed E-state index contributed by atoms with van der Waals surface area (Å²) in [7, 11) is 1.74. The quantitative estimate of drug-likeness (QED) is 0.444. The Morgan fingerprint density at radius 3 is 2.72 bits per heavy atom. The number of rotatable bonds is 8. The molecule has 8 heteroatoms. The predicted molar refractivity (Wildman–Crippen MR) is 140 cm³/mol. The number of carbonyl (C=O) groups excluding carboxylic acids is 2. The number of nitrogens with one attached hydrogen (secondary N) is 2. The van der Waals surface area contributed by atoms with Crippen LogP contribution in [0.2, 0.25) is 0 Å². The minimum Gasteiger partial charge on any atom is -0.368 e. The molecule has 2 aliphatic rings. The number of fused-ring (bicyclic) bond motifs is 1. The number of hydrogen-bond donors (Lipinski definition) is 3. The number of primary amides is 1. The maximum Gasteiger partial charge on any atom is 0.234 e. The van der Waals surface area contributed by atoms with Crippen LogP contribution >= 0.6 is 0 Å². The van der Waals surface area contributed by atoms with Crippen molar-refractivity contribution in [1.29, 1.82) is 0 Å². The van der Waals surface area contributed by atoms with Gasteiger partial charge in [0.1, 0.15) is 6.33 Å². The fourth-order valence-electron chi connectivity index (χ4n) is 6.20. The number of hydrogen-bond acceptors (Lipinski definition) is 5. The molecule has 8 nitrogen and oxygen atoms in total. The number of nitrogens with zero attached hydrogens (tertiary/aromatic N) is 3. The van der Waals surface area contributed by atoms with E-state index in [2.05, 4.69) is 26.3 Å². The first-order valence-corrected chi connectivity index (χ1v) is 13.2. The van der Waals surface area contributed by atoms with Crippen LogP contribution in [0.5, 0.6) is 0 Å². The summed E-state index contributed by atoms with van der Waals surface area (Å²) in [5, 5.41) is 4.14. The highest BCUT2D eigenvalue weighted by molar-refractivity contribution is 5.94. The van der Waals surface area contributed by atoms with E-state index in [0.29, 0.717) is 13.0 Å². The van der Waals surface area contributed by atoms with Gasteiger partial charge in [-0.15, -0.1) is 0 Å². The molecule has 5 rings (SSSR count). The maximum atomic E-state index is 14.1. The van der Waals surface area contributed by atoms with Crippen molar-refractivity contribution in [3.05, 3.63) is 48.5 Å². The van der Waals surface area contributed by atoms with Gasteiger partial charge in [-0.1, -0.05) is 37.5 Å². The van der Waals surface area contributed by atoms with Gasteiger partial charge in [-0.3, -0.25) is 9.59 Å². The molecule has 2 aromatic heterocycles. The average molecular weight is 489 g/mol. The van der Waals surface area contributed by atoms with Crippen LogP contribution in [0.25, 0.3) is 22.2 Å². The van der Waals surface area contributed by atoms with E-state index in [1.165, 1.54) is 6.42 Å². The fourth-order valence-corrected chi connectivity index (χ4v) is 6.20. The summed E-state index contributed by atoms with van der Waals surface area (Å²) >= 11 is 0. The first-order chi connectivity index (χ1) is 17.6. The van der Waals surface area contributed by atoms with Crippen LogP contribution in [0.1, 0.15) is 63.1 Å². The lowest BCUT2D eigenvalue weighted by atomic mass is 9.76. The highest BCUT2D eigenvalue weighted by Gasteiger charge is 2.40. The maximum absolute atomic E-state index is 14.1. The zero-order valence-corrected chi connectivity index (χ0v) is 21.0. The summed E-state index contributed by atoms with van der Waals surface area (Å²) in [6, 6.07) is 9.60. The summed E-state index contributed by atoms with van der Waals surface area (Å²) in [5.74, 6) is -0.193. The number of benzene rings is 1. The van der Waals surface area contributed by atoms with Gasteiger partial charge in [0, 0.05) is 35.1 Å². The predicted octanol–water partition coefficient (Wildman–Crippen LogP) is 3.95. The number of amides is 2. The number of likely N-dealkylation sites (tertiary alicyclic amines) is 1. The Hall–Kier alpha value is -3.26. The molecule has 2 fully saturated rings. The topological polar surface area (TPSA) is 117 Å². The molecule has 3 aromatic rings. The summed E-state index contributed by atoms with van der Waals surface area (Å²) < 4.78 is 0. The number of para-hydroxylation sites is 1. The van der Waals surface area contributed by atoms with E-state index >= 15 is 0 Å². The minimum absolute atomic E-state index is 0.0860. The van der Waals surface area contributed by atoms with Crippen molar-refractivity contribution in [3.63, 3.8) is 0 Å². The minimum atomic E-state index is -0.505. The molecule has 1 aliphatic carbocycles. The molecule has 1 aromatic carbocycles. The Morgan fingerprint density at radius 2 is 1.94 bits per heavy atom. The molecule has 2 amide bonds. The third kappa shape index (κ3) is 4.87. The van der Waals surface area contributed by atoms with Gasteiger partial charge < -0.3 is 20.9 Å². The Kier molecular flexibility index (Phi) is 7.32. The number of likely N-dealkylation sites (N-methyl/N-ethyl adjacent to an activating group) is 1. The van der Waals surface area contributed by atoms with Crippen LogP contribution < -0.4 is 11.1 Å². The van der Waals surface area contributed by atoms with E-state index in [-0.39, 0.29) is 23.8 Å². The second-order valence-corrected chi connectivity index (χ2v) is 10.2. The Balaban J connectivity index is 1.42. The average Bonchev–Trinajstić information content (AvgIpc) is 3.57. The molecule has 0 spiro atoms. The van der Waals surface area contributed by atoms with E-state index < -0.39 is 11.9 Å². The number of carbonyl (C=O) groups is 2. The van der Waals surface area contributed by atoms with E-state index in [4.69, 9.17) is 5.73 Å². The van der Waals surface area contributed by atoms with Crippen LogP contribution in [0, 0.1) is 11.8 Å². The third-order valence-corrected chi connectivity index (χ3v) is 8.15. The second-order valence-electron chi connectivity index (χ2n) is 10.2. The highest BCUT2D eigenvalue weighted by atomic mass is 16.2. The molecular weight excluding hydrogens is 452 g/mol. The summed E-state index contributed by atoms with van der Waals surface area (Å²) in [6.45, 7) is 0.708. The van der Waals surface area contributed by atoms with E-state index in [1.54, 1.807) is 13.4 Å². The Bertz CT molecular complexity index is 1220. The Morgan fingerprint density at radius 1 is 1.14 bits per heavy atom. The number of aromatic amines is 1. The molecule has 3 heterocycles. The van der Waals surface area contributed by atoms with Crippen molar-refractivity contribution in [1.82, 2.24) is 25.2 Å². The van der Waals surface area contributed by atoms with Gasteiger partial charge in [-0.05, 0) is 57.2 Å². The van der Waals surface area contributed by atoms with Gasteiger partial charge in [0.25, 0.3) is 0 Å². The van der Waals surface area contributed by atoms with Crippen molar-refractivity contribution in [2.24, 2.45) is 17.6 Å². The van der Waals surface area contributed by atoms with Crippen molar-refractivity contribution >= 4 is 22.7 Å². The summed E-state index contributed by atoms with van der Waals surface area (Å²) in [4.78, 5) is 40.6. The van der Waals surface area contributed by atoms with E-state index in [0.717, 1.165) is 66.4 Å². The van der Waals surface area contributed by atoms with Crippen LogP contribution in [0.3, 0.4) is 0 Å². The highest BCUT2D eigenvalue weighted by Crippen LogP contribution is 2.39. The number of H-pyrrole nitrogens is 1. The number of nitrogens with two attached hydrogens (primary N) is 1. The van der Waals surface area contributed by atoms with Crippen LogP contribution in [-0.4, -0.2) is 51.3 Å². The van der Waals surface area contributed by atoms with E-state index in [1.807, 2.05) is 35.4 Å². The largest absolute Gasteiger partial charge is 0.368 e. The molecule has 4 N–H and O–H groups in total. The van der Waals surface area contributed by atoms with Gasteiger partial charge in [-0.2, -0.15) is 0 Å². The molecule has 3 unspecified atom stereocenters. The normalized spacial score (nSPS) is 20.5. The van der Waals surface area contributed by atoms with Crippen LogP contribution in [0.4, 0.5) is 0 Å². The SMILES string of the molecule is CNC(CC(C(=O)N1CCCC1c1cc(-c2c[nH]c3ccccc23)ncn1)C1CCCCC1)C(N)=O. The molecule has 36 heavy (non-hydrogen) atoms. The first-order valence-electron chi connectivity index (χ1n) is 13.2. The number of aromatic nitrogens is 3. The van der Waals surface area contributed by atoms with Crippen molar-refractivity contribution in [2.75, 3.05) is 13.6 Å². The van der Waals surface area contributed by atoms with Crippen molar-refractivity contribution in [3.8, 4) is 11.3 Å². The van der Waals surface area contributed by atoms with Gasteiger partial charge >= 0.3 is 0 Å². The second kappa shape index (κ2) is 10.8. The molecule has 3 atom stereocenters. The first kappa shape index (κ1) is 24.4. The lowest BCUT2D eigenvalue weighted by molar-refractivity contribution is -0.139. The summed E-state index contributed by atoms with van der Waals surface area (Å²) in [5.41, 5.74) is 9.47. The smallest absolute Gasteiger partial charge is 0.234 e. The molecule has 190 valence electrons. The molecule has 0 bridgehead atoms. The van der Waals surface area contributed by atoms with Crippen LogP contribution in [-0.2, 0) is 9.59 Å². The molecule has 1 aliphatic heterocycles. The van der Waals surface area contributed by atoms with Gasteiger partial charge in [0.05, 0.1) is 23.5 Å². The fraction of sp³-hybridized carbons (Fsp3) is 0.500. The lowest BCUT2D eigenvalue weighted by Gasteiger charge is -2.35. The van der Waals surface area contributed by atoms with Gasteiger partial charge in [-0.25, -0.2) is 9.97 Å².